The van der Waals surface area contributed by atoms with Gasteiger partial charge in [-0.2, -0.15) is 0 Å². The van der Waals surface area contributed by atoms with Gasteiger partial charge in [-0.25, -0.2) is 0 Å². The quantitative estimate of drug-likeness (QED) is 0.0246. The van der Waals surface area contributed by atoms with Gasteiger partial charge < -0.3 is 20.3 Å². The minimum atomic E-state index is -0.813. The Morgan fingerprint density at radius 3 is 1.48 bits per heavy atom. The summed E-state index contributed by atoms with van der Waals surface area (Å²) in [4.78, 5) is 26.0. The Bertz CT molecular complexity index is 1210. The number of hydrogen-bond acceptors (Lipinski definition) is 5. The second-order valence-corrected chi connectivity index (χ2v) is 16.2. The number of nitrogens with one attached hydrogen (secondary N) is 1. The number of carbonyl (C=O) groups is 2. The van der Waals surface area contributed by atoms with Crippen LogP contribution < -0.4 is 5.32 Å². The number of unbranched alkanes of at least 4 members (excludes halogenated alkanes) is 16. The lowest BCUT2D eigenvalue weighted by Gasteiger charge is -2.24. The van der Waals surface area contributed by atoms with E-state index in [2.05, 4.69) is 117 Å². The largest absolute Gasteiger partial charge is 0.462 e. The number of aliphatic hydroxyl groups excluding tert-OH is 2. The zero-order valence-corrected chi connectivity index (χ0v) is 38.8. The molecule has 0 spiro atoms. The molecule has 3 atom stereocenters. The summed E-state index contributed by atoms with van der Waals surface area (Å²) >= 11 is 0. The van der Waals surface area contributed by atoms with Crippen molar-refractivity contribution in [3.8, 4) is 0 Å². The summed E-state index contributed by atoms with van der Waals surface area (Å²) in [5.74, 6) is -0.617. The van der Waals surface area contributed by atoms with E-state index >= 15 is 0 Å². The average molecular weight is 834 g/mol. The van der Waals surface area contributed by atoms with Crippen LogP contribution in [0.5, 0.6) is 0 Å². The molecular formula is C54H91NO5. The Morgan fingerprint density at radius 2 is 0.967 bits per heavy atom. The molecule has 0 radical (unpaired) electrons. The van der Waals surface area contributed by atoms with Crippen molar-refractivity contribution in [2.45, 2.75) is 225 Å². The maximum Gasteiger partial charge on any atom is 0.306 e. The number of ether oxygens (including phenoxy) is 1. The zero-order chi connectivity index (χ0) is 43.8. The molecule has 0 aromatic heterocycles. The van der Waals surface area contributed by atoms with Crippen LogP contribution in [0.4, 0.5) is 0 Å². The number of aliphatic hydroxyl groups is 2. The van der Waals surface area contributed by atoms with Gasteiger partial charge in [-0.15, -0.1) is 0 Å². The van der Waals surface area contributed by atoms with Crippen molar-refractivity contribution in [3.05, 3.63) is 97.2 Å². The van der Waals surface area contributed by atoms with Crippen LogP contribution in [-0.2, 0) is 14.3 Å². The van der Waals surface area contributed by atoms with Gasteiger partial charge in [-0.3, -0.25) is 9.59 Å². The number of hydrogen-bond donors (Lipinski definition) is 3. The summed E-state index contributed by atoms with van der Waals surface area (Å²) in [6.45, 7) is 6.29. The molecule has 1 amide bonds. The summed E-state index contributed by atoms with van der Waals surface area (Å²) in [7, 11) is 0. The van der Waals surface area contributed by atoms with Crippen LogP contribution in [0.1, 0.15) is 207 Å². The minimum Gasteiger partial charge on any atom is -0.462 e. The molecule has 60 heavy (non-hydrogen) atoms. The Morgan fingerprint density at radius 1 is 0.517 bits per heavy atom. The smallest absolute Gasteiger partial charge is 0.306 e. The lowest BCUT2D eigenvalue weighted by Crippen LogP contribution is -2.46. The van der Waals surface area contributed by atoms with Gasteiger partial charge >= 0.3 is 5.97 Å². The van der Waals surface area contributed by atoms with Crippen molar-refractivity contribution < 1.29 is 24.5 Å². The normalized spacial score (nSPS) is 14.2. The van der Waals surface area contributed by atoms with Gasteiger partial charge in [0.05, 0.1) is 25.2 Å². The second kappa shape index (κ2) is 46.8. The SMILES string of the molecule is CC/C=C/C/C=C/C/C=C/C/C=C/C/C=C/CCC(=O)OC(CCCCC/C=C/C=C/C=C/CCCCCCC)CC(=O)NC(CO)C(O)CCCCCCCCCCC. The van der Waals surface area contributed by atoms with E-state index in [1.165, 1.54) is 70.6 Å². The number of rotatable bonds is 42. The minimum absolute atomic E-state index is 0.0195. The lowest BCUT2D eigenvalue weighted by molar-refractivity contribution is -0.150. The van der Waals surface area contributed by atoms with Crippen LogP contribution in [0.2, 0.25) is 0 Å². The number of esters is 1. The molecule has 0 bridgehead atoms. The van der Waals surface area contributed by atoms with Crippen LogP contribution in [0, 0.1) is 0 Å². The second-order valence-electron chi connectivity index (χ2n) is 16.2. The molecule has 0 aliphatic carbocycles. The molecule has 0 aliphatic heterocycles. The van der Waals surface area contributed by atoms with Gasteiger partial charge in [0.1, 0.15) is 6.10 Å². The van der Waals surface area contributed by atoms with Crippen LogP contribution in [-0.4, -0.2) is 46.9 Å². The zero-order valence-electron chi connectivity index (χ0n) is 38.8. The molecule has 3 N–H and O–H groups in total. The van der Waals surface area contributed by atoms with Gasteiger partial charge in [0.2, 0.25) is 5.91 Å². The topological polar surface area (TPSA) is 95.9 Å². The molecule has 0 heterocycles. The average Bonchev–Trinajstić information content (AvgIpc) is 3.24. The summed E-state index contributed by atoms with van der Waals surface area (Å²) in [6, 6.07) is -0.731. The Kier molecular flexibility index (Phi) is 44.3. The van der Waals surface area contributed by atoms with Crippen LogP contribution >= 0.6 is 0 Å². The van der Waals surface area contributed by atoms with Crippen molar-refractivity contribution in [3.63, 3.8) is 0 Å². The first-order valence-electron chi connectivity index (χ1n) is 24.5. The van der Waals surface area contributed by atoms with E-state index in [4.69, 9.17) is 4.74 Å². The summed E-state index contributed by atoms with van der Waals surface area (Å²) in [5, 5.41) is 23.6. The summed E-state index contributed by atoms with van der Waals surface area (Å²) < 4.78 is 5.86. The summed E-state index contributed by atoms with van der Waals surface area (Å²) in [5.41, 5.74) is 0. The van der Waals surface area contributed by atoms with Crippen LogP contribution in [0.25, 0.3) is 0 Å². The molecule has 0 saturated heterocycles. The fourth-order valence-corrected chi connectivity index (χ4v) is 6.77. The van der Waals surface area contributed by atoms with E-state index in [0.717, 1.165) is 83.5 Å². The molecule has 3 unspecified atom stereocenters. The number of amides is 1. The molecule has 0 saturated carbocycles. The highest BCUT2D eigenvalue weighted by atomic mass is 16.5. The Labute approximate surface area is 369 Å². The van der Waals surface area contributed by atoms with E-state index < -0.39 is 18.2 Å². The third kappa shape index (κ3) is 41.5. The lowest BCUT2D eigenvalue weighted by atomic mass is 10.0. The van der Waals surface area contributed by atoms with Crippen molar-refractivity contribution >= 4 is 11.9 Å². The fraction of sp³-hybridized carbons (Fsp3) is 0.667. The van der Waals surface area contributed by atoms with E-state index in [1.807, 2.05) is 6.08 Å². The van der Waals surface area contributed by atoms with E-state index in [-0.39, 0.29) is 31.3 Å². The standard InChI is InChI=1S/C54H91NO5/c1-4-7-10-13-16-19-21-23-25-27-29-31-34-36-39-42-45-50(48-53(58)55-51(49-56)52(57)46-43-40-37-33-18-15-12-9-6-3)60-54(59)47-44-41-38-35-32-30-28-26-24-22-20-17-14-11-8-5-2/h8,11,17,20-21,23-27,29-32,38,41,50-52,56-57H,4-7,9-10,12-16,18-19,22,28,33-37,39-40,42-49H2,1-3H3,(H,55,58)/b11-8+,20-17+,23-21+,26-24+,27-25+,31-29+,32-30+,41-38+. The molecule has 0 fully saturated rings. The van der Waals surface area contributed by atoms with Crippen molar-refractivity contribution in [2.75, 3.05) is 6.61 Å². The first-order chi connectivity index (χ1) is 29.5. The number of allylic oxidation sites excluding steroid dienone is 16. The highest BCUT2D eigenvalue weighted by Crippen LogP contribution is 2.16. The Balaban J connectivity index is 4.81. The maximum absolute atomic E-state index is 13.1. The maximum atomic E-state index is 13.1. The van der Waals surface area contributed by atoms with E-state index in [1.54, 1.807) is 0 Å². The third-order valence-corrected chi connectivity index (χ3v) is 10.5. The molecule has 6 nitrogen and oxygen atoms in total. The van der Waals surface area contributed by atoms with Gasteiger partial charge in [0.15, 0.2) is 0 Å². The molecule has 342 valence electrons. The van der Waals surface area contributed by atoms with Gasteiger partial charge in [-0.1, -0.05) is 208 Å². The molecule has 6 heteroatoms. The summed E-state index contributed by atoms with van der Waals surface area (Å²) in [6.07, 6.45) is 61.9. The predicted molar refractivity (Wildman–Crippen MR) is 259 cm³/mol. The van der Waals surface area contributed by atoms with Crippen molar-refractivity contribution in [2.24, 2.45) is 0 Å². The Hall–Kier alpha value is -3.22. The number of carbonyl (C=O) groups excluding carboxylic acids is 2. The van der Waals surface area contributed by atoms with Crippen molar-refractivity contribution in [1.29, 1.82) is 0 Å². The van der Waals surface area contributed by atoms with E-state index in [9.17, 15) is 19.8 Å². The fourth-order valence-electron chi connectivity index (χ4n) is 6.77. The predicted octanol–water partition coefficient (Wildman–Crippen LogP) is 14.6. The van der Waals surface area contributed by atoms with Gasteiger partial charge in [-0.05, 0) is 83.5 Å². The molecular weight excluding hydrogens is 743 g/mol. The van der Waals surface area contributed by atoms with E-state index in [0.29, 0.717) is 19.3 Å². The molecule has 0 aliphatic rings. The monoisotopic (exact) mass is 834 g/mol. The molecule has 0 rings (SSSR count). The molecule has 0 aromatic rings. The first-order valence-corrected chi connectivity index (χ1v) is 24.5. The van der Waals surface area contributed by atoms with Crippen LogP contribution in [0.15, 0.2) is 97.2 Å². The molecule has 0 aromatic carbocycles. The van der Waals surface area contributed by atoms with Gasteiger partial charge in [0.25, 0.3) is 0 Å². The highest BCUT2D eigenvalue weighted by molar-refractivity contribution is 5.77. The highest BCUT2D eigenvalue weighted by Gasteiger charge is 2.24. The van der Waals surface area contributed by atoms with Crippen LogP contribution in [0.3, 0.4) is 0 Å². The van der Waals surface area contributed by atoms with Gasteiger partial charge in [0, 0.05) is 6.42 Å². The van der Waals surface area contributed by atoms with Crippen molar-refractivity contribution in [1.82, 2.24) is 5.32 Å². The third-order valence-electron chi connectivity index (χ3n) is 10.5. The first kappa shape index (κ1) is 56.8.